The molecule has 0 atom stereocenters. The third kappa shape index (κ3) is 6.32. The minimum atomic E-state index is -0.450. The largest absolute Gasteiger partial charge is 0.505 e. The molecule has 8 heteroatoms. The van der Waals surface area contributed by atoms with Crippen molar-refractivity contribution in [1.29, 1.82) is 0 Å². The van der Waals surface area contributed by atoms with Gasteiger partial charge in [-0.25, -0.2) is 0 Å². The van der Waals surface area contributed by atoms with Crippen molar-refractivity contribution in [2.75, 3.05) is 17.9 Å². The molecule has 6 rings (SSSR count). The number of hydrogen-bond acceptors (Lipinski definition) is 7. The van der Waals surface area contributed by atoms with Gasteiger partial charge in [-0.15, -0.1) is 10.2 Å². The Morgan fingerprint density at radius 2 is 1.60 bits per heavy atom. The number of aromatic hydroxyl groups is 1. The predicted molar refractivity (Wildman–Crippen MR) is 179 cm³/mol. The molecular weight excluding hydrogens is 564 g/mol. The number of ether oxygens (including phenoxy) is 1. The first-order valence-electron chi connectivity index (χ1n) is 14.5. The standard InChI is InChI=1S/C37H32N4O4/c1-23-13-17-30-27(19-23)21-31(37(43)38-34-24(2)14-16-26-9-7-8-12-29(26)34)36(42)35(30)40-39-32-20-25(15-18-33(32)44-3)22-45-41-28-10-5-4-6-11-28/h4-21,41-42H,22H2,1-3H3,(H,38,43). The number of phenols is 1. The number of fused-ring (bicyclic) bond motifs is 2. The van der Waals surface area contributed by atoms with Crippen LogP contribution in [0.2, 0.25) is 0 Å². The van der Waals surface area contributed by atoms with Crippen molar-refractivity contribution in [3.05, 3.63) is 131 Å². The summed E-state index contributed by atoms with van der Waals surface area (Å²) in [5.74, 6) is -0.219. The quantitative estimate of drug-likeness (QED) is 0.114. The number of aryl methyl sites for hydroxylation is 2. The van der Waals surface area contributed by atoms with Crippen molar-refractivity contribution >= 4 is 50.2 Å². The Bertz CT molecular complexity index is 2060. The fourth-order valence-corrected chi connectivity index (χ4v) is 5.21. The zero-order valence-electron chi connectivity index (χ0n) is 25.2. The molecule has 0 saturated carbocycles. The molecule has 0 fully saturated rings. The van der Waals surface area contributed by atoms with Crippen LogP contribution >= 0.6 is 0 Å². The predicted octanol–water partition coefficient (Wildman–Crippen LogP) is 9.54. The summed E-state index contributed by atoms with van der Waals surface area (Å²) in [5.41, 5.74) is 7.91. The summed E-state index contributed by atoms with van der Waals surface area (Å²) >= 11 is 0. The molecule has 0 heterocycles. The van der Waals surface area contributed by atoms with Crippen LogP contribution in [-0.2, 0) is 11.4 Å². The number of benzene rings is 6. The molecule has 0 saturated heterocycles. The molecule has 0 unspecified atom stereocenters. The lowest BCUT2D eigenvalue weighted by atomic mass is 10.0. The van der Waals surface area contributed by atoms with Crippen LogP contribution in [0.4, 0.5) is 22.7 Å². The van der Waals surface area contributed by atoms with Crippen LogP contribution in [0.25, 0.3) is 21.5 Å². The molecule has 224 valence electrons. The first kappa shape index (κ1) is 29.3. The summed E-state index contributed by atoms with van der Waals surface area (Å²) in [4.78, 5) is 19.4. The lowest BCUT2D eigenvalue weighted by Gasteiger charge is -2.15. The van der Waals surface area contributed by atoms with E-state index < -0.39 is 5.91 Å². The summed E-state index contributed by atoms with van der Waals surface area (Å²) in [7, 11) is 1.55. The zero-order chi connectivity index (χ0) is 31.3. The average molecular weight is 597 g/mol. The summed E-state index contributed by atoms with van der Waals surface area (Å²) in [6.45, 7) is 4.17. The van der Waals surface area contributed by atoms with Crippen LogP contribution in [-0.4, -0.2) is 18.1 Å². The van der Waals surface area contributed by atoms with Crippen molar-refractivity contribution < 1.29 is 19.5 Å². The normalized spacial score (nSPS) is 11.3. The van der Waals surface area contributed by atoms with Gasteiger partial charge in [0.2, 0.25) is 0 Å². The zero-order valence-corrected chi connectivity index (χ0v) is 25.2. The second-order valence-electron chi connectivity index (χ2n) is 10.7. The van der Waals surface area contributed by atoms with Crippen LogP contribution < -0.4 is 15.5 Å². The van der Waals surface area contributed by atoms with Crippen LogP contribution in [0.5, 0.6) is 11.5 Å². The molecule has 6 aromatic rings. The fraction of sp³-hybridized carbons (Fsp3) is 0.108. The van der Waals surface area contributed by atoms with E-state index in [0.29, 0.717) is 22.5 Å². The van der Waals surface area contributed by atoms with Crippen molar-refractivity contribution in [2.45, 2.75) is 20.5 Å². The number of carbonyl (C=O) groups is 1. The lowest BCUT2D eigenvalue weighted by Crippen LogP contribution is -2.13. The second kappa shape index (κ2) is 12.9. The number of nitrogens with one attached hydrogen (secondary N) is 2. The van der Waals surface area contributed by atoms with E-state index in [9.17, 15) is 9.90 Å². The van der Waals surface area contributed by atoms with E-state index >= 15 is 0 Å². The number of carbonyl (C=O) groups excluding carboxylic acids is 1. The molecule has 6 aromatic carbocycles. The van der Waals surface area contributed by atoms with Gasteiger partial charge in [0.25, 0.3) is 5.91 Å². The van der Waals surface area contributed by atoms with E-state index in [-0.39, 0.29) is 23.6 Å². The minimum absolute atomic E-state index is 0.0930. The maximum atomic E-state index is 13.8. The van der Waals surface area contributed by atoms with Crippen LogP contribution in [0.1, 0.15) is 27.0 Å². The van der Waals surface area contributed by atoms with Crippen LogP contribution in [0.3, 0.4) is 0 Å². The van der Waals surface area contributed by atoms with Crippen molar-refractivity contribution in [3.63, 3.8) is 0 Å². The summed E-state index contributed by atoms with van der Waals surface area (Å²) in [6, 6.07) is 34.3. The van der Waals surface area contributed by atoms with Gasteiger partial charge in [0.15, 0.2) is 5.75 Å². The number of anilines is 2. The summed E-state index contributed by atoms with van der Waals surface area (Å²) < 4.78 is 5.53. The summed E-state index contributed by atoms with van der Waals surface area (Å²) in [5, 5.41) is 26.8. The van der Waals surface area contributed by atoms with Crippen molar-refractivity contribution in [3.8, 4) is 11.5 Å². The number of methoxy groups -OCH3 is 1. The Balaban J connectivity index is 1.34. The molecular formula is C37H32N4O4. The number of para-hydroxylation sites is 1. The maximum Gasteiger partial charge on any atom is 0.259 e. The van der Waals surface area contributed by atoms with E-state index in [0.717, 1.165) is 38.5 Å². The molecule has 0 aliphatic heterocycles. The molecule has 0 aliphatic rings. The fourth-order valence-electron chi connectivity index (χ4n) is 5.21. The highest BCUT2D eigenvalue weighted by atomic mass is 16.6. The number of rotatable bonds is 9. The topological polar surface area (TPSA) is 105 Å². The minimum Gasteiger partial charge on any atom is -0.505 e. The Morgan fingerprint density at radius 1 is 0.800 bits per heavy atom. The molecule has 8 nitrogen and oxygen atoms in total. The van der Waals surface area contributed by atoms with Crippen molar-refractivity contribution in [1.82, 2.24) is 0 Å². The van der Waals surface area contributed by atoms with Gasteiger partial charge in [-0.3, -0.25) is 15.1 Å². The van der Waals surface area contributed by atoms with E-state index in [2.05, 4.69) is 21.0 Å². The number of phenolic OH excluding ortho intramolecular Hbond substituents is 1. The Hall–Kier alpha value is -5.73. The van der Waals surface area contributed by atoms with Gasteiger partial charge in [0, 0.05) is 10.8 Å². The number of azo groups is 1. The van der Waals surface area contributed by atoms with Gasteiger partial charge in [-0.1, -0.05) is 84.4 Å². The average Bonchev–Trinajstić information content (AvgIpc) is 3.06. The molecule has 0 spiro atoms. The van der Waals surface area contributed by atoms with E-state index in [4.69, 9.17) is 9.57 Å². The molecule has 0 bridgehead atoms. The first-order valence-corrected chi connectivity index (χ1v) is 14.5. The number of hydrogen-bond donors (Lipinski definition) is 3. The Morgan fingerprint density at radius 3 is 2.42 bits per heavy atom. The highest BCUT2D eigenvalue weighted by molar-refractivity contribution is 6.14. The number of nitrogens with zero attached hydrogens (tertiary/aromatic N) is 2. The first-order chi connectivity index (χ1) is 21.9. The highest BCUT2D eigenvalue weighted by Crippen LogP contribution is 2.41. The maximum absolute atomic E-state index is 13.8. The molecule has 0 radical (unpaired) electrons. The number of amides is 1. The molecule has 1 amide bonds. The van der Waals surface area contributed by atoms with Gasteiger partial charge in [-0.05, 0) is 66.1 Å². The molecule has 0 aromatic heterocycles. The van der Waals surface area contributed by atoms with Gasteiger partial charge >= 0.3 is 0 Å². The lowest BCUT2D eigenvalue weighted by molar-refractivity contribution is 0.102. The second-order valence-corrected chi connectivity index (χ2v) is 10.7. The third-order valence-electron chi connectivity index (χ3n) is 7.57. The van der Waals surface area contributed by atoms with Gasteiger partial charge < -0.3 is 15.2 Å². The van der Waals surface area contributed by atoms with E-state index in [1.165, 1.54) is 0 Å². The molecule has 0 aliphatic carbocycles. The monoisotopic (exact) mass is 596 g/mol. The van der Waals surface area contributed by atoms with Crippen molar-refractivity contribution in [2.24, 2.45) is 10.2 Å². The van der Waals surface area contributed by atoms with Crippen LogP contribution in [0.15, 0.2) is 119 Å². The molecule has 3 N–H and O–H groups in total. The third-order valence-corrected chi connectivity index (χ3v) is 7.57. The smallest absolute Gasteiger partial charge is 0.259 e. The van der Waals surface area contributed by atoms with E-state index in [1.54, 1.807) is 25.3 Å². The van der Waals surface area contributed by atoms with Gasteiger partial charge in [0.1, 0.15) is 17.1 Å². The Kier molecular flexibility index (Phi) is 8.39. The Labute approximate surface area is 260 Å². The molecule has 45 heavy (non-hydrogen) atoms. The highest BCUT2D eigenvalue weighted by Gasteiger charge is 2.20. The summed E-state index contributed by atoms with van der Waals surface area (Å²) in [6.07, 6.45) is 0. The van der Waals surface area contributed by atoms with E-state index in [1.807, 2.05) is 105 Å². The SMILES string of the molecule is COc1ccc(CONc2ccccc2)cc1N=Nc1c(O)c(C(=O)Nc2c(C)ccc3ccccc23)cc2cc(C)ccc12. The van der Waals surface area contributed by atoms with Gasteiger partial charge in [-0.2, -0.15) is 0 Å². The van der Waals surface area contributed by atoms with Gasteiger partial charge in [0.05, 0.1) is 30.7 Å². The van der Waals surface area contributed by atoms with Crippen LogP contribution in [0, 0.1) is 13.8 Å².